The molecule has 0 heterocycles. The zero-order valence-electron chi connectivity index (χ0n) is 13.6. The van der Waals surface area contributed by atoms with Crippen molar-refractivity contribution in [2.45, 2.75) is 41.0 Å². The molecule has 2 heteroatoms. The molecule has 0 aromatic rings. The molecule has 0 saturated carbocycles. The fourth-order valence-electron chi connectivity index (χ4n) is 2.42. The van der Waals surface area contributed by atoms with Gasteiger partial charge in [0.25, 0.3) is 0 Å². The SMILES string of the molecule is C=C1C(=C)C(N(CC)CC)=C1N(C)CCC(C)(C)C. The average Bonchev–Trinajstić information content (AvgIpc) is 2.34. The second kappa shape index (κ2) is 5.85. The van der Waals surface area contributed by atoms with Crippen LogP contribution in [0.4, 0.5) is 0 Å². The second-order valence-electron chi connectivity index (χ2n) is 6.56. The monoisotopic (exact) mass is 262 g/mol. The van der Waals surface area contributed by atoms with Gasteiger partial charge < -0.3 is 9.80 Å². The summed E-state index contributed by atoms with van der Waals surface area (Å²) in [5, 5.41) is 0. The van der Waals surface area contributed by atoms with Gasteiger partial charge in [0.15, 0.2) is 0 Å². The predicted molar refractivity (Wildman–Crippen MR) is 84.9 cm³/mol. The lowest BCUT2D eigenvalue weighted by Gasteiger charge is -2.41. The molecular formula is C17H30N2. The molecule has 1 aliphatic carbocycles. The van der Waals surface area contributed by atoms with E-state index < -0.39 is 0 Å². The molecule has 0 fully saturated rings. The van der Waals surface area contributed by atoms with Crippen molar-refractivity contribution in [2.24, 2.45) is 5.41 Å². The van der Waals surface area contributed by atoms with Crippen molar-refractivity contribution in [3.8, 4) is 0 Å². The van der Waals surface area contributed by atoms with Gasteiger partial charge in [0.2, 0.25) is 0 Å². The first-order chi connectivity index (χ1) is 8.72. The van der Waals surface area contributed by atoms with E-state index in [0.717, 1.165) is 30.8 Å². The molecule has 0 bridgehead atoms. The number of hydrogen-bond acceptors (Lipinski definition) is 2. The smallest absolute Gasteiger partial charge is 0.0684 e. The molecule has 0 aromatic carbocycles. The Bertz CT molecular complexity index is 392. The van der Waals surface area contributed by atoms with Crippen molar-refractivity contribution in [3.63, 3.8) is 0 Å². The van der Waals surface area contributed by atoms with Crippen molar-refractivity contribution in [2.75, 3.05) is 26.7 Å². The maximum absolute atomic E-state index is 4.16. The Morgan fingerprint density at radius 3 is 1.84 bits per heavy atom. The van der Waals surface area contributed by atoms with Gasteiger partial charge in [0, 0.05) is 37.8 Å². The first-order valence-electron chi connectivity index (χ1n) is 7.32. The van der Waals surface area contributed by atoms with E-state index in [9.17, 15) is 0 Å². The molecule has 108 valence electrons. The normalized spacial score (nSPS) is 15.7. The Kier molecular flexibility index (Phi) is 4.89. The number of allylic oxidation sites excluding steroid dienone is 2. The maximum Gasteiger partial charge on any atom is 0.0684 e. The van der Waals surface area contributed by atoms with Crippen LogP contribution in [0.1, 0.15) is 41.0 Å². The summed E-state index contributed by atoms with van der Waals surface area (Å²) in [4.78, 5) is 4.72. The molecule has 0 N–H and O–H groups in total. The molecule has 0 aromatic heterocycles. The van der Waals surface area contributed by atoms with Crippen molar-refractivity contribution in [1.29, 1.82) is 0 Å². The van der Waals surface area contributed by atoms with Crippen molar-refractivity contribution >= 4 is 0 Å². The van der Waals surface area contributed by atoms with E-state index >= 15 is 0 Å². The standard InChI is InChI=1S/C17H30N2/c1-9-19(10-2)16-14(4)13(3)15(16)18(8)12-11-17(5,6)7/h3-4,9-12H2,1-2,5-8H3. The third kappa shape index (κ3) is 3.43. The largest absolute Gasteiger partial charge is 0.372 e. The van der Waals surface area contributed by atoms with Gasteiger partial charge in [-0.15, -0.1) is 0 Å². The van der Waals surface area contributed by atoms with Gasteiger partial charge in [-0.25, -0.2) is 0 Å². The van der Waals surface area contributed by atoms with Crippen LogP contribution in [-0.2, 0) is 0 Å². The maximum atomic E-state index is 4.16. The van der Waals surface area contributed by atoms with E-state index in [1.165, 1.54) is 17.8 Å². The van der Waals surface area contributed by atoms with Crippen LogP contribution in [0.3, 0.4) is 0 Å². The zero-order valence-corrected chi connectivity index (χ0v) is 13.6. The van der Waals surface area contributed by atoms with E-state index in [4.69, 9.17) is 0 Å². The summed E-state index contributed by atoms with van der Waals surface area (Å²) >= 11 is 0. The Morgan fingerprint density at radius 2 is 1.42 bits per heavy atom. The number of likely N-dealkylation sites (N-methyl/N-ethyl adjacent to an activating group) is 2. The summed E-state index contributed by atoms with van der Waals surface area (Å²) in [5.41, 5.74) is 5.18. The van der Waals surface area contributed by atoms with Gasteiger partial charge in [-0.2, -0.15) is 0 Å². The topological polar surface area (TPSA) is 6.48 Å². The Hall–Kier alpha value is -1.18. The number of hydrogen-bond donors (Lipinski definition) is 0. The summed E-state index contributed by atoms with van der Waals surface area (Å²) in [6.07, 6.45) is 1.18. The Labute approximate surface area is 119 Å². The van der Waals surface area contributed by atoms with E-state index in [2.05, 4.69) is 64.6 Å². The van der Waals surface area contributed by atoms with Crippen LogP contribution in [-0.4, -0.2) is 36.5 Å². The highest BCUT2D eigenvalue weighted by Gasteiger charge is 2.32. The summed E-state index contributed by atoms with van der Waals surface area (Å²) in [6.45, 7) is 22.7. The van der Waals surface area contributed by atoms with Crippen LogP contribution in [0.5, 0.6) is 0 Å². The van der Waals surface area contributed by atoms with Crippen molar-refractivity contribution < 1.29 is 0 Å². The van der Waals surface area contributed by atoms with Gasteiger partial charge in [0.1, 0.15) is 0 Å². The van der Waals surface area contributed by atoms with Crippen LogP contribution >= 0.6 is 0 Å². The molecule has 0 spiro atoms. The van der Waals surface area contributed by atoms with Crippen LogP contribution in [0.2, 0.25) is 0 Å². The minimum absolute atomic E-state index is 0.367. The predicted octanol–water partition coefficient (Wildman–Crippen LogP) is 4.03. The first kappa shape index (κ1) is 15.9. The molecule has 19 heavy (non-hydrogen) atoms. The lowest BCUT2D eigenvalue weighted by atomic mass is 9.86. The molecule has 0 amide bonds. The lowest BCUT2D eigenvalue weighted by molar-refractivity contribution is 0.286. The second-order valence-corrected chi connectivity index (χ2v) is 6.56. The third-order valence-electron chi connectivity index (χ3n) is 3.82. The van der Waals surface area contributed by atoms with Crippen molar-refractivity contribution in [3.05, 3.63) is 35.7 Å². The summed E-state index contributed by atoms with van der Waals surface area (Å²) < 4.78 is 0. The average molecular weight is 262 g/mol. The Morgan fingerprint density at radius 1 is 0.947 bits per heavy atom. The fourth-order valence-corrected chi connectivity index (χ4v) is 2.42. The van der Waals surface area contributed by atoms with Crippen LogP contribution in [0, 0.1) is 5.41 Å². The molecule has 0 radical (unpaired) electrons. The summed E-state index contributed by atoms with van der Waals surface area (Å²) in [6, 6.07) is 0. The number of nitrogens with zero attached hydrogens (tertiary/aromatic N) is 2. The van der Waals surface area contributed by atoms with Gasteiger partial charge in [-0.3, -0.25) is 0 Å². The van der Waals surface area contributed by atoms with E-state index in [1.54, 1.807) is 0 Å². The zero-order chi connectivity index (χ0) is 14.8. The molecule has 0 aliphatic heterocycles. The summed E-state index contributed by atoms with van der Waals surface area (Å²) in [7, 11) is 2.17. The van der Waals surface area contributed by atoms with E-state index in [0.29, 0.717) is 5.41 Å². The molecule has 1 rings (SSSR count). The fraction of sp³-hybridized carbons (Fsp3) is 0.647. The van der Waals surface area contributed by atoms with Crippen LogP contribution in [0.25, 0.3) is 0 Å². The Balaban J connectivity index is 2.88. The summed E-state index contributed by atoms with van der Waals surface area (Å²) in [5.74, 6) is 0. The van der Waals surface area contributed by atoms with Gasteiger partial charge in [0.05, 0.1) is 11.4 Å². The van der Waals surface area contributed by atoms with Crippen LogP contribution in [0.15, 0.2) is 35.7 Å². The van der Waals surface area contributed by atoms with Gasteiger partial charge in [-0.1, -0.05) is 33.9 Å². The highest BCUT2D eigenvalue weighted by molar-refractivity contribution is 5.66. The highest BCUT2D eigenvalue weighted by Crippen LogP contribution is 2.41. The highest BCUT2D eigenvalue weighted by atomic mass is 15.2. The first-order valence-corrected chi connectivity index (χ1v) is 7.32. The molecule has 1 aliphatic rings. The lowest BCUT2D eigenvalue weighted by Crippen LogP contribution is -2.37. The molecule has 0 unspecified atom stereocenters. The van der Waals surface area contributed by atoms with Crippen LogP contribution < -0.4 is 0 Å². The number of rotatable bonds is 6. The quantitative estimate of drug-likeness (QED) is 0.713. The van der Waals surface area contributed by atoms with E-state index in [-0.39, 0.29) is 0 Å². The van der Waals surface area contributed by atoms with Gasteiger partial charge in [-0.05, 0) is 25.7 Å². The van der Waals surface area contributed by atoms with Crippen molar-refractivity contribution in [1.82, 2.24) is 9.80 Å². The van der Waals surface area contributed by atoms with E-state index in [1.807, 2.05) is 0 Å². The molecule has 0 atom stereocenters. The minimum Gasteiger partial charge on any atom is -0.372 e. The van der Waals surface area contributed by atoms with Gasteiger partial charge >= 0.3 is 0 Å². The minimum atomic E-state index is 0.367. The molecule has 2 nitrogen and oxygen atoms in total. The third-order valence-corrected chi connectivity index (χ3v) is 3.82. The molecule has 0 saturated heterocycles. The molecular weight excluding hydrogens is 232 g/mol.